The Labute approximate surface area is 116 Å². The number of rotatable bonds is 7. The highest BCUT2D eigenvalue weighted by Crippen LogP contribution is 2.27. The minimum Gasteiger partial charge on any atom is -0.497 e. The summed E-state index contributed by atoms with van der Waals surface area (Å²) in [5, 5.41) is 2.86. The number of benzene rings is 1. The van der Waals surface area contributed by atoms with Gasteiger partial charge in [0, 0.05) is 17.0 Å². The van der Waals surface area contributed by atoms with Gasteiger partial charge in [0.1, 0.15) is 5.75 Å². The first kappa shape index (κ1) is 15.0. The lowest BCUT2D eigenvalue weighted by Crippen LogP contribution is -2.11. The Kier molecular flexibility index (Phi) is 6.75. The fourth-order valence-electron chi connectivity index (χ4n) is 1.55. The summed E-state index contributed by atoms with van der Waals surface area (Å²) >= 11 is 3.39. The number of carbonyl (C=O) groups excluding carboxylic acids is 1. The molecule has 0 spiro atoms. The molecule has 0 aromatic heterocycles. The van der Waals surface area contributed by atoms with Crippen LogP contribution in [0.2, 0.25) is 0 Å². The van der Waals surface area contributed by atoms with Gasteiger partial charge in [0.25, 0.3) is 0 Å². The Balaban J connectivity index is 2.48. The van der Waals surface area contributed by atoms with Crippen molar-refractivity contribution in [3.05, 3.63) is 22.7 Å². The van der Waals surface area contributed by atoms with Crippen LogP contribution in [0.3, 0.4) is 0 Å². The molecule has 1 aromatic carbocycles. The standard InChI is InChI=1S/C13H19BrN2O2/c1-18-10-6-7-11(14)12(9-10)16-13(17)5-3-2-4-8-15/h6-7,9H,2-5,8,15H2,1H3,(H,16,17). The maximum absolute atomic E-state index is 11.7. The number of nitrogens with one attached hydrogen (secondary N) is 1. The van der Waals surface area contributed by atoms with Crippen molar-refractivity contribution >= 4 is 27.5 Å². The quantitative estimate of drug-likeness (QED) is 0.761. The van der Waals surface area contributed by atoms with Gasteiger partial charge in [-0.1, -0.05) is 6.42 Å². The van der Waals surface area contributed by atoms with E-state index in [1.165, 1.54) is 0 Å². The van der Waals surface area contributed by atoms with Crippen LogP contribution in [-0.4, -0.2) is 19.6 Å². The zero-order valence-corrected chi connectivity index (χ0v) is 12.1. The second-order valence-electron chi connectivity index (χ2n) is 3.99. The van der Waals surface area contributed by atoms with Gasteiger partial charge in [-0.3, -0.25) is 4.79 Å². The van der Waals surface area contributed by atoms with Crippen LogP contribution < -0.4 is 15.8 Å². The van der Waals surface area contributed by atoms with E-state index in [2.05, 4.69) is 21.2 Å². The van der Waals surface area contributed by atoms with Crippen LogP contribution in [0, 0.1) is 0 Å². The Morgan fingerprint density at radius 2 is 2.17 bits per heavy atom. The lowest BCUT2D eigenvalue weighted by atomic mass is 10.2. The van der Waals surface area contributed by atoms with E-state index in [4.69, 9.17) is 10.5 Å². The average Bonchev–Trinajstić information content (AvgIpc) is 2.37. The van der Waals surface area contributed by atoms with Crippen molar-refractivity contribution in [1.82, 2.24) is 0 Å². The molecule has 0 heterocycles. The third-order valence-corrected chi connectivity index (χ3v) is 3.25. The van der Waals surface area contributed by atoms with Crippen molar-refractivity contribution in [3.63, 3.8) is 0 Å². The van der Waals surface area contributed by atoms with Gasteiger partial charge in [0.2, 0.25) is 5.91 Å². The van der Waals surface area contributed by atoms with Crippen molar-refractivity contribution in [3.8, 4) is 5.75 Å². The molecule has 0 fully saturated rings. The lowest BCUT2D eigenvalue weighted by molar-refractivity contribution is -0.116. The molecule has 0 aliphatic heterocycles. The van der Waals surface area contributed by atoms with E-state index in [0.29, 0.717) is 13.0 Å². The topological polar surface area (TPSA) is 64.3 Å². The van der Waals surface area contributed by atoms with Gasteiger partial charge in [0.15, 0.2) is 0 Å². The number of unbranched alkanes of at least 4 members (excludes halogenated alkanes) is 2. The summed E-state index contributed by atoms with van der Waals surface area (Å²) in [6, 6.07) is 5.48. The molecule has 0 unspecified atom stereocenters. The van der Waals surface area contributed by atoms with Crippen LogP contribution >= 0.6 is 15.9 Å². The largest absolute Gasteiger partial charge is 0.497 e. The summed E-state index contributed by atoms with van der Waals surface area (Å²) in [4.78, 5) is 11.7. The maximum atomic E-state index is 11.7. The number of amides is 1. The zero-order valence-electron chi connectivity index (χ0n) is 10.5. The number of hydrogen-bond acceptors (Lipinski definition) is 3. The molecule has 1 rings (SSSR count). The number of nitrogens with two attached hydrogens (primary N) is 1. The van der Waals surface area contributed by atoms with E-state index in [1.54, 1.807) is 13.2 Å². The van der Waals surface area contributed by atoms with Gasteiger partial charge >= 0.3 is 0 Å². The highest BCUT2D eigenvalue weighted by atomic mass is 79.9. The molecule has 3 N–H and O–H groups in total. The first-order valence-corrected chi connectivity index (χ1v) is 6.80. The molecule has 0 aliphatic carbocycles. The molecule has 18 heavy (non-hydrogen) atoms. The van der Waals surface area contributed by atoms with E-state index >= 15 is 0 Å². The predicted molar refractivity (Wildman–Crippen MR) is 76.8 cm³/mol. The fourth-order valence-corrected chi connectivity index (χ4v) is 1.89. The van der Waals surface area contributed by atoms with E-state index in [1.807, 2.05) is 12.1 Å². The molecule has 5 heteroatoms. The molecule has 0 saturated heterocycles. The van der Waals surface area contributed by atoms with Gasteiger partial charge in [-0.15, -0.1) is 0 Å². The summed E-state index contributed by atoms with van der Waals surface area (Å²) < 4.78 is 5.96. The van der Waals surface area contributed by atoms with Gasteiger partial charge in [-0.2, -0.15) is 0 Å². The Morgan fingerprint density at radius 1 is 1.39 bits per heavy atom. The minimum atomic E-state index is 0.0148. The Morgan fingerprint density at radius 3 is 2.83 bits per heavy atom. The van der Waals surface area contributed by atoms with E-state index in [9.17, 15) is 4.79 Å². The molecule has 0 saturated carbocycles. The van der Waals surface area contributed by atoms with Crippen molar-refractivity contribution in [2.24, 2.45) is 5.73 Å². The molecule has 1 aromatic rings. The first-order valence-electron chi connectivity index (χ1n) is 6.01. The number of ether oxygens (including phenoxy) is 1. The number of carbonyl (C=O) groups is 1. The second-order valence-corrected chi connectivity index (χ2v) is 4.85. The fraction of sp³-hybridized carbons (Fsp3) is 0.462. The van der Waals surface area contributed by atoms with Crippen molar-refractivity contribution in [1.29, 1.82) is 0 Å². The molecular weight excluding hydrogens is 296 g/mol. The molecular formula is C13H19BrN2O2. The lowest BCUT2D eigenvalue weighted by Gasteiger charge is -2.09. The SMILES string of the molecule is COc1ccc(Br)c(NC(=O)CCCCCN)c1. The summed E-state index contributed by atoms with van der Waals surface area (Å²) in [7, 11) is 1.60. The van der Waals surface area contributed by atoms with Crippen LogP contribution in [0.15, 0.2) is 22.7 Å². The molecule has 100 valence electrons. The van der Waals surface area contributed by atoms with Crippen LogP contribution in [0.25, 0.3) is 0 Å². The Bertz CT molecular complexity index is 397. The van der Waals surface area contributed by atoms with Crippen LogP contribution in [0.5, 0.6) is 5.75 Å². The number of hydrogen-bond donors (Lipinski definition) is 2. The second kappa shape index (κ2) is 8.11. The summed E-state index contributed by atoms with van der Waals surface area (Å²) in [5.74, 6) is 0.734. The van der Waals surface area contributed by atoms with Crippen molar-refractivity contribution < 1.29 is 9.53 Å². The summed E-state index contributed by atoms with van der Waals surface area (Å²) in [6.45, 7) is 0.684. The maximum Gasteiger partial charge on any atom is 0.224 e. The first-order chi connectivity index (χ1) is 8.67. The number of methoxy groups -OCH3 is 1. The molecule has 4 nitrogen and oxygen atoms in total. The zero-order chi connectivity index (χ0) is 13.4. The van der Waals surface area contributed by atoms with Crippen LogP contribution in [-0.2, 0) is 4.79 Å². The predicted octanol–water partition coefficient (Wildman–Crippen LogP) is 2.92. The van der Waals surface area contributed by atoms with E-state index in [-0.39, 0.29) is 5.91 Å². The van der Waals surface area contributed by atoms with Crippen molar-refractivity contribution in [2.45, 2.75) is 25.7 Å². The smallest absolute Gasteiger partial charge is 0.224 e. The molecule has 0 bridgehead atoms. The van der Waals surface area contributed by atoms with E-state index in [0.717, 1.165) is 35.2 Å². The highest BCUT2D eigenvalue weighted by molar-refractivity contribution is 9.10. The third-order valence-electron chi connectivity index (χ3n) is 2.56. The molecule has 0 aliphatic rings. The number of halogens is 1. The molecule has 1 amide bonds. The summed E-state index contributed by atoms with van der Waals surface area (Å²) in [5.41, 5.74) is 6.13. The van der Waals surface area contributed by atoms with Crippen LogP contribution in [0.1, 0.15) is 25.7 Å². The van der Waals surface area contributed by atoms with Crippen LogP contribution in [0.4, 0.5) is 5.69 Å². The van der Waals surface area contributed by atoms with Gasteiger partial charge in [-0.25, -0.2) is 0 Å². The minimum absolute atomic E-state index is 0.0148. The van der Waals surface area contributed by atoms with Gasteiger partial charge in [0.05, 0.1) is 12.8 Å². The van der Waals surface area contributed by atoms with Gasteiger partial charge < -0.3 is 15.8 Å². The molecule has 0 atom stereocenters. The van der Waals surface area contributed by atoms with Crippen molar-refractivity contribution in [2.75, 3.05) is 19.0 Å². The van der Waals surface area contributed by atoms with E-state index < -0.39 is 0 Å². The highest BCUT2D eigenvalue weighted by Gasteiger charge is 2.06. The number of anilines is 1. The van der Waals surface area contributed by atoms with Gasteiger partial charge in [-0.05, 0) is 47.4 Å². The normalized spacial score (nSPS) is 10.2. The molecule has 0 radical (unpaired) electrons. The monoisotopic (exact) mass is 314 g/mol. The Hall–Kier alpha value is -1.07. The average molecular weight is 315 g/mol. The summed E-state index contributed by atoms with van der Waals surface area (Å²) in [6.07, 6.45) is 3.34. The third kappa shape index (κ3) is 5.06.